The summed E-state index contributed by atoms with van der Waals surface area (Å²) in [6.45, 7) is 4.82. The van der Waals surface area contributed by atoms with E-state index in [1.807, 2.05) is 6.07 Å². The van der Waals surface area contributed by atoms with Crippen LogP contribution in [0.3, 0.4) is 0 Å². The molecule has 1 fully saturated rings. The molecule has 19 heavy (non-hydrogen) atoms. The molecule has 2 aliphatic heterocycles. The molecule has 4 heteroatoms. The fourth-order valence-electron chi connectivity index (χ4n) is 2.75. The molecule has 0 amide bonds. The van der Waals surface area contributed by atoms with Gasteiger partial charge in [0, 0.05) is 32.1 Å². The van der Waals surface area contributed by atoms with Crippen LogP contribution < -0.4 is 14.8 Å². The van der Waals surface area contributed by atoms with Crippen LogP contribution in [0, 0.1) is 0 Å². The summed E-state index contributed by atoms with van der Waals surface area (Å²) in [5, 5.41) is 3.58. The topological polar surface area (TPSA) is 33.7 Å². The molecule has 104 valence electrons. The number of piperazine rings is 1. The first-order valence-electron chi connectivity index (χ1n) is 7.12. The molecule has 1 atom stereocenters. The Balaban J connectivity index is 1.69. The van der Waals surface area contributed by atoms with Gasteiger partial charge in [-0.15, -0.1) is 0 Å². The molecule has 0 bridgehead atoms. The van der Waals surface area contributed by atoms with E-state index in [9.17, 15) is 0 Å². The first kappa shape index (κ1) is 12.8. The molecule has 0 aromatic heterocycles. The molecule has 2 aliphatic rings. The number of ether oxygens (including phenoxy) is 2. The first-order valence-corrected chi connectivity index (χ1v) is 7.12. The standard InChI is InChI=1S/C15H22N2O2/c1-17-6-5-16-13(11-17)9-12-3-4-14-15(10-12)19-8-2-7-18-14/h3-4,10,13,16H,2,5-9,11H2,1H3. The van der Waals surface area contributed by atoms with Crippen LogP contribution in [-0.4, -0.2) is 50.8 Å². The van der Waals surface area contributed by atoms with Crippen molar-refractivity contribution in [1.82, 2.24) is 10.2 Å². The molecule has 1 aromatic rings. The molecule has 3 rings (SSSR count). The van der Waals surface area contributed by atoms with E-state index in [0.717, 1.165) is 57.2 Å². The van der Waals surface area contributed by atoms with Gasteiger partial charge in [-0.3, -0.25) is 0 Å². The van der Waals surface area contributed by atoms with Gasteiger partial charge in [0.25, 0.3) is 0 Å². The van der Waals surface area contributed by atoms with Crippen LogP contribution in [0.5, 0.6) is 11.5 Å². The molecule has 4 nitrogen and oxygen atoms in total. The van der Waals surface area contributed by atoms with Crippen LogP contribution in [0.2, 0.25) is 0 Å². The van der Waals surface area contributed by atoms with E-state index < -0.39 is 0 Å². The summed E-state index contributed by atoms with van der Waals surface area (Å²) in [5.41, 5.74) is 1.32. The van der Waals surface area contributed by atoms with Gasteiger partial charge in [0.05, 0.1) is 13.2 Å². The third-order valence-electron chi connectivity index (χ3n) is 3.75. The predicted molar refractivity (Wildman–Crippen MR) is 75.0 cm³/mol. The highest BCUT2D eigenvalue weighted by Gasteiger charge is 2.18. The Hall–Kier alpha value is -1.26. The van der Waals surface area contributed by atoms with Gasteiger partial charge in [0.1, 0.15) is 0 Å². The van der Waals surface area contributed by atoms with E-state index in [0.29, 0.717) is 6.04 Å². The zero-order valence-corrected chi connectivity index (χ0v) is 11.5. The van der Waals surface area contributed by atoms with Gasteiger partial charge in [-0.2, -0.15) is 0 Å². The fraction of sp³-hybridized carbons (Fsp3) is 0.600. The molecule has 0 saturated carbocycles. The fourth-order valence-corrected chi connectivity index (χ4v) is 2.75. The minimum atomic E-state index is 0.531. The van der Waals surface area contributed by atoms with E-state index in [1.54, 1.807) is 0 Å². The zero-order valence-electron chi connectivity index (χ0n) is 11.5. The van der Waals surface area contributed by atoms with Crippen molar-refractivity contribution in [2.45, 2.75) is 18.9 Å². The van der Waals surface area contributed by atoms with Gasteiger partial charge in [0.15, 0.2) is 11.5 Å². The van der Waals surface area contributed by atoms with E-state index in [4.69, 9.17) is 9.47 Å². The van der Waals surface area contributed by atoms with Crippen molar-refractivity contribution in [3.8, 4) is 11.5 Å². The largest absolute Gasteiger partial charge is 0.490 e. The molecular weight excluding hydrogens is 240 g/mol. The molecule has 0 aliphatic carbocycles. The van der Waals surface area contributed by atoms with Gasteiger partial charge < -0.3 is 19.7 Å². The van der Waals surface area contributed by atoms with Gasteiger partial charge in [-0.05, 0) is 31.2 Å². The molecular formula is C15H22N2O2. The lowest BCUT2D eigenvalue weighted by Gasteiger charge is -2.31. The molecule has 1 aromatic carbocycles. The minimum Gasteiger partial charge on any atom is -0.490 e. The van der Waals surface area contributed by atoms with Crippen molar-refractivity contribution in [2.75, 3.05) is 39.9 Å². The van der Waals surface area contributed by atoms with Crippen LogP contribution in [0.4, 0.5) is 0 Å². The first-order chi connectivity index (χ1) is 9.31. The summed E-state index contributed by atoms with van der Waals surface area (Å²) in [4.78, 5) is 2.38. The molecule has 2 heterocycles. The van der Waals surface area contributed by atoms with Gasteiger partial charge in [0.2, 0.25) is 0 Å². The van der Waals surface area contributed by atoms with Crippen LogP contribution in [0.1, 0.15) is 12.0 Å². The lowest BCUT2D eigenvalue weighted by molar-refractivity contribution is 0.238. The molecule has 0 spiro atoms. The summed E-state index contributed by atoms with van der Waals surface area (Å²) in [6.07, 6.45) is 2.00. The Labute approximate surface area is 114 Å². The van der Waals surface area contributed by atoms with E-state index >= 15 is 0 Å². The number of fused-ring (bicyclic) bond motifs is 1. The summed E-state index contributed by atoms with van der Waals surface area (Å²) < 4.78 is 11.4. The van der Waals surface area contributed by atoms with Crippen molar-refractivity contribution >= 4 is 0 Å². The summed E-state index contributed by atoms with van der Waals surface area (Å²) in [5.74, 6) is 1.79. The second-order valence-electron chi connectivity index (χ2n) is 5.45. The smallest absolute Gasteiger partial charge is 0.161 e. The summed E-state index contributed by atoms with van der Waals surface area (Å²) in [6, 6.07) is 6.87. The number of rotatable bonds is 2. The zero-order chi connectivity index (χ0) is 13.1. The van der Waals surface area contributed by atoms with Crippen LogP contribution >= 0.6 is 0 Å². The normalized spacial score (nSPS) is 23.9. The Morgan fingerprint density at radius 3 is 2.95 bits per heavy atom. The second kappa shape index (κ2) is 5.80. The lowest BCUT2D eigenvalue weighted by atomic mass is 10.0. The van der Waals surface area contributed by atoms with Crippen LogP contribution in [-0.2, 0) is 6.42 Å². The Morgan fingerprint density at radius 1 is 1.26 bits per heavy atom. The molecule has 1 N–H and O–H groups in total. The van der Waals surface area contributed by atoms with Crippen molar-refractivity contribution in [3.63, 3.8) is 0 Å². The minimum absolute atomic E-state index is 0.531. The average molecular weight is 262 g/mol. The Kier molecular flexibility index (Phi) is 3.89. The van der Waals surface area contributed by atoms with Crippen molar-refractivity contribution in [2.24, 2.45) is 0 Å². The number of benzene rings is 1. The predicted octanol–water partition coefficient (Wildman–Crippen LogP) is 1.29. The average Bonchev–Trinajstić information content (AvgIpc) is 2.63. The van der Waals surface area contributed by atoms with Gasteiger partial charge in [-0.1, -0.05) is 6.07 Å². The second-order valence-corrected chi connectivity index (χ2v) is 5.45. The Morgan fingerprint density at radius 2 is 2.11 bits per heavy atom. The maximum absolute atomic E-state index is 5.74. The number of hydrogen-bond donors (Lipinski definition) is 1. The highest BCUT2D eigenvalue weighted by atomic mass is 16.5. The van der Waals surface area contributed by atoms with Crippen molar-refractivity contribution < 1.29 is 9.47 Å². The number of hydrogen-bond acceptors (Lipinski definition) is 4. The maximum atomic E-state index is 5.74. The quantitative estimate of drug-likeness (QED) is 0.871. The molecule has 1 saturated heterocycles. The van der Waals surface area contributed by atoms with Crippen LogP contribution in [0.25, 0.3) is 0 Å². The molecule has 0 radical (unpaired) electrons. The highest BCUT2D eigenvalue weighted by Crippen LogP contribution is 2.30. The van der Waals surface area contributed by atoms with Crippen molar-refractivity contribution in [1.29, 1.82) is 0 Å². The Bertz CT molecular complexity index is 436. The van der Waals surface area contributed by atoms with Gasteiger partial charge in [-0.25, -0.2) is 0 Å². The number of likely N-dealkylation sites (N-methyl/N-ethyl adjacent to an activating group) is 1. The van der Waals surface area contributed by atoms with Crippen molar-refractivity contribution in [3.05, 3.63) is 23.8 Å². The highest BCUT2D eigenvalue weighted by molar-refractivity contribution is 5.43. The van der Waals surface area contributed by atoms with E-state index in [1.165, 1.54) is 5.56 Å². The third kappa shape index (κ3) is 3.19. The monoisotopic (exact) mass is 262 g/mol. The SMILES string of the molecule is CN1CCNC(Cc2ccc3c(c2)OCCCO3)C1. The van der Waals surface area contributed by atoms with E-state index in [2.05, 4.69) is 29.4 Å². The van der Waals surface area contributed by atoms with Gasteiger partial charge >= 0.3 is 0 Å². The summed E-state index contributed by atoms with van der Waals surface area (Å²) >= 11 is 0. The number of nitrogens with one attached hydrogen (secondary N) is 1. The summed E-state index contributed by atoms with van der Waals surface area (Å²) in [7, 11) is 2.18. The number of nitrogens with zero attached hydrogens (tertiary/aromatic N) is 1. The maximum Gasteiger partial charge on any atom is 0.161 e. The van der Waals surface area contributed by atoms with Crippen LogP contribution in [0.15, 0.2) is 18.2 Å². The lowest BCUT2D eigenvalue weighted by Crippen LogP contribution is -2.49. The van der Waals surface area contributed by atoms with E-state index in [-0.39, 0.29) is 0 Å². The molecule has 1 unspecified atom stereocenters. The third-order valence-corrected chi connectivity index (χ3v) is 3.75.